The smallest absolute Gasteiger partial charge is 0.441 e. The van der Waals surface area contributed by atoms with Crippen LogP contribution in [0.3, 0.4) is 0 Å². The number of hydrogen-bond acceptors (Lipinski definition) is 10. The molecule has 1 aromatic rings. The van der Waals surface area contributed by atoms with Crippen LogP contribution in [0.1, 0.15) is 36.3 Å². The van der Waals surface area contributed by atoms with Crippen LogP contribution < -0.4 is 20.9 Å². The van der Waals surface area contributed by atoms with E-state index in [0.29, 0.717) is 31.7 Å². The molecule has 0 bridgehead atoms. The van der Waals surface area contributed by atoms with Gasteiger partial charge in [-0.3, -0.25) is 15.6 Å². The number of halogens is 3. The van der Waals surface area contributed by atoms with E-state index in [1.54, 1.807) is 17.3 Å². The third-order valence-corrected chi connectivity index (χ3v) is 6.18. The number of alkyl halides is 3. The molecule has 3 atom stereocenters. The summed E-state index contributed by atoms with van der Waals surface area (Å²) in [4.78, 5) is 16.4. The molecule has 14 heteroatoms. The minimum atomic E-state index is -4.83. The number of nitrogens with one attached hydrogen (secondary N) is 3. The van der Waals surface area contributed by atoms with Gasteiger partial charge >= 0.3 is 6.36 Å². The Morgan fingerprint density at radius 2 is 2.20 bits per heavy atom. The molecule has 0 radical (unpaired) electrons. The molecule has 1 saturated carbocycles. The first-order chi connectivity index (χ1) is 16.8. The van der Waals surface area contributed by atoms with Gasteiger partial charge in [-0.15, -0.1) is 18.3 Å². The second-order valence-corrected chi connectivity index (χ2v) is 8.79. The number of benzene rings is 1. The van der Waals surface area contributed by atoms with E-state index in [4.69, 9.17) is 4.74 Å². The Kier molecular flexibility index (Phi) is 5.91. The van der Waals surface area contributed by atoms with E-state index in [0.717, 1.165) is 18.4 Å². The molecule has 3 heterocycles. The SMILES string of the molecule is N#CN1C[C@H](NC(=O)C2NN=C(c3cc(OC(F)(F)F)ccc3C3CC3)O2)C[C@H]1CN1C=NNC1. The summed E-state index contributed by atoms with van der Waals surface area (Å²) in [5.41, 5.74) is 6.59. The normalized spacial score (nSPS) is 25.4. The first-order valence-electron chi connectivity index (χ1n) is 11.2. The van der Waals surface area contributed by atoms with E-state index in [9.17, 15) is 23.2 Å². The van der Waals surface area contributed by atoms with Crippen molar-refractivity contribution in [3.63, 3.8) is 0 Å². The van der Waals surface area contributed by atoms with Gasteiger partial charge in [0.15, 0.2) is 6.19 Å². The van der Waals surface area contributed by atoms with Crippen molar-refractivity contribution in [2.75, 3.05) is 19.8 Å². The molecule has 186 valence electrons. The first-order valence-corrected chi connectivity index (χ1v) is 11.2. The molecule has 0 spiro atoms. The maximum Gasteiger partial charge on any atom is 0.573 e. The van der Waals surface area contributed by atoms with Crippen LogP contribution in [-0.2, 0) is 9.53 Å². The number of hydrogen-bond donors (Lipinski definition) is 3. The number of amides is 1. The van der Waals surface area contributed by atoms with Gasteiger partial charge in [-0.05, 0) is 42.9 Å². The summed E-state index contributed by atoms with van der Waals surface area (Å²) < 4.78 is 47.8. The molecule has 1 unspecified atom stereocenters. The lowest BCUT2D eigenvalue weighted by Crippen LogP contribution is -2.46. The summed E-state index contributed by atoms with van der Waals surface area (Å²) in [6, 6.07) is 3.70. The highest BCUT2D eigenvalue weighted by Crippen LogP contribution is 2.43. The third kappa shape index (κ3) is 5.28. The predicted molar refractivity (Wildman–Crippen MR) is 116 cm³/mol. The van der Waals surface area contributed by atoms with Crippen molar-refractivity contribution in [3.05, 3.63) is 29.3 Å². The zero-order chi connectivity index (χ0) is 24.6. The van der Waals surface area contributed by atoms with Crippen molar-refractivity contribution >= 4 is 18.1 Å². The Morgan fingerprint density at radius 1 is 1.37 bits per heavy atom. The van der Waals surface area contributed by atoms with E-state index in [-0.39, 0.29) is 29.6 Å². The van der Waals surface area contributed by atoms with Gasteiger partial charge in [0, 0.05) is 24.7 Å². The van der Waals surface area contributed by atoms with Crippen LogP contribution in [-0.4, -0.2) is 72.4 Å². The van der Waals surface area contributed by atoms with Crippen molar-refractivity contribution in [1.82, 2.24) is 26.0 Å². The Labute approximate surface area is 198 Å². The van der Waals surface area contributed by atoms with Crippen molar-refractivity contribution in [2.45, 2.75) is 49.9 Å². The van der Waals surface area contributed by atoms with Gasteiger partial charge < -0.3 is 24.6 Å². The zero-order valence-corrected chi connectivity index (χ0v) is 18.5. The molecule has 0 aromatic heterocycles. The lowest BCUT2D eigenvalue weighted by atomic mass is 10.0. The molecule has 1 aliphatic carbocycles. The summed E-state index contributed by atoms with van der Waals surface area (Å²) in [6.45, 7) is 1.50. The Bertz CT molecular complexity index is 1080. The number of carbonyl (C=O) groups excluding carboxylic acids is 1. The predicted octanol–water partition coefficient (Wildman–Crippen LogP) is 0.916. The largest absolute Gasteiger partial charge is 0.573 e. The highest BCUT2D eigenvalue weighted by molar-refractivity contribution is 5.99. The monoisotopic (exact) mass is 492 g/mol. The summed E-state index contributed by atoms with van der Waals surface area (Å²) >= 11 is 0. The Hall–Kier alpha value is -3.89. The molecule has 5 rings (SSSR count). The average Bonchev–Trinajstić information content (AvgIpc) is 3.18. The second kappa shape index (κ2) is 9.05. The summed E-state index contributed by atoms with van der Waals surface area (Å²) in [5, 5.41) is 20.3. The second-order valence-electron chi connectivity index (χ2n) is 8.79. The lowest BCUT2D eigenvalue weighted by Gasteiger charge is -2.22. The summed E-state index contributed by atoms with van der Waals surface area (Å²) in [5.74, 6) is -0.633. The first kappa shape index (κ1) is 22.9. The highest BCUT2D eigenvalue weighted by Gasteiger charge is 2.38. The van der Waals surface area contributed by atoms with E-state index < -0.39 is 18.5 Å². The molecule has 4 aliphatic rings. The van der Waals surface area contributed by atoms with E-state index in [1.165, 1.54) is 12.1 Å². The minimum Gasteiger partial charge on any atom is -0.441 e. The fourth-order valence-corrected chi connectivity index (χ4v) is 4.46. The van der Waals surface area contributed by atoms with Gasteiger partial charge in [0.1, 0.15) is 18.8 Å². The van der Waals surface area contributed by atoms with E-state index in [1.807, 2.05) is 4.90 Å². The number of likely N-dealkylation sites (tertiary alicyclic amines) is 1. The summed E-state index contributed by atoms with van der Waals surface area (Å²) in [7, 11) is 0. The Morgan fingerprint density at radius 3 is 2.89 bits per heavy atom. The van der Waals surface area contributed by atoms with Gasteiger partial charge in [0.05, 0.1) is 6.04 Å². The number of rotatable bonds is 7. The lowest BCUT2D eigenvalue weighted by molar-refractivity contribution is -0.274. The molecular formula is C21H23F3N8O3. The van der Waals surface area contributed by atoms with E-state index >= 15 is 0 Å². The molecule has 35 heavy (non-hydrogen) atoms. The average molecular weight is 492 g/mol. The van der Waals surface area contributed by atoms with Gasteiger partial charge in [-0.2, -0.15) is 10.4 Å². The number of nitriles is 1. The van der Waals surface area contributed by atoms with E-state index in [2.05, 4.69) is 37.3 Å². The molecular weight excluding hydrogens is 469 g/mol. The van der Waals surface area contributed by atoms with Crippen molar-refractivity contribution < 1.29 is 27.4 Å². The van der Waals surface area contributed by atoms with Crippen LogP contribution in [0.5, 0.6) is 5.75 Å². The molecule has 1 aromatic carbocycles. The van der Waals surface area contributed by atoms with Crippen LogP contribution in [0.2, 0.25) is 0 Å². The highest BCUT2D eigenvalue weighted by atomic mass is 19.4. The van der Waals surface area contributed by atoms with Crippen LogP contribution in [0.25, 0.3) is 0 Å². The standard InChI is InChI=1S/C21H23F3N8O3/c22-21(23,24)35-15-3-4-16(12-1-2-12)17(6-15)19-29-30-20(34-19)18(33)28-13-5-14(32(7-13)9-25)8-31-10-26-27-11-31/h3-4,6,10,12-14,20,27,30H,1-2,5,7-8,11H2,(H,28,33)/t13-,14+,20?/m1/s1. The Balaban J connectivity index is 1.21. The van der Waals surface area contributed by atoms with Crippen LogP contribution >= 0.6 is 0 Å². The van der Waals surface area contributed by atoms with Gasteiger partial charge in [-0.1, -0.05) is 6.07 Å². The van der Waals surface area contributed by atoms with Crippen molar-refractivity contribution in [3.8, 4) is 11.9 Å². The zero-order valence-electron chi connectivity index (χ0n) is 18.5. The molecule has 1 saturated heterocycles. The topological polar surface area (TPSA) is 127 Å². The van der Waals surface area contributed by atoms with Gasteiger partial charge in [0.25, 0.3) is 12.1 Å². The quantitative estimate of drug-likeness (QED) is 0.480. The van der Waals surface area contributed by atoms with Crippen LogP contribution in [0.4, 0.5) is 13.2 Å². The molecule has 3 N–H and O–H groups in total. The molecule has 11 nitrogen and oxygen atoms in total. The van der Waals surface area contributed by atoms with Gasteiger partial charge in [0.2, 0.25) is 5.90 Å². The van der Waals surface area contributed by atoms with Crippen LogP contribution in [0, 0.1) is 11.5 Å². The third-order valence-electron chi connectivity index (χ3n) is 6.18. The van der Waals surface area contributed by atoms with Crippen molar-refractivity contribution in [1.29, 1.82) is 5.26 Å². The van der Waals surface area contributed by atoms with Crippen LogP contribution in [0.15, 0.2) is 28.4 Å². The maximum atomic E-state index is 12.8. The molecule has 1 amide bonds. The number of nitrogens with zero attached hydrogens (tertiary/aromatic N) is 5. The van der Waals surface area contributed by atoms with Gasteiger partial charge in [-0.25, -0.2) is 0 Å². The molecule has 3 aliphatic heterocycles. The number of carbonyl (C=O) groups is 1. The minimum absolute atomic E-state index is 0.0310. The maximum absolute atomic E-state index is 12.8. The molecule has 2 fully saturated rings. The number of hydrazone groups is 2. The summed E-state index contributed by atoms with van der Waals surface area (Å²) in [6.07, 6.45) is 0.243. The fraction of sp³-hybridized carbons (Fsp3) is 0.524. The fourth-order valence-electron chi connectivity index (χ4n) is 4.46. The number of ether oxygens (including phenoxy) is 2. The van der Waals surface area contributed by atoms with Crippen molar-refractivity contribution in [2.24, 2.45) is 10.2 Å².